The minimum absolute atomic E-state index is 0.00443. The third-order valence-electron chi connectivity index (χ3n) is 5.10. The lowest BCUT2D eigenvalue weighted by Gasteiger charge is -2.31. The number of piperidine rings is 1. The number of carbonyl (C=O) groups excluding carboxylic acids is 1. The number of halogens is 3. The highest BCUT2D eigenvalue weighted by Crippen LogP contribution is 2.29. The van der Waals surface area contributed by atoms with E-state index in [0.717, 1.165) is 12.3 Å². The molecule has 0 radical (unpaired) electrons. The van der Waals surface area contributed by atoms with Crippen molar-refractivity contribution in [2.45, 2.75) is 25.1 Å². The molecule has 3 rings (SSSR count). The van der Waals surface area contributed by atoms with Crippen LogP contribution in [0, 0.1) is 5.92 Å². The summed E-state index contributed by atoms with van der Waals surface area (Å²) < 4.78 is 49.1. The van der Waals surface area contributed by atoms with Crippen LogP contribution in [0.3, 0.4) is 0 Å². The van der Waals surface area contributed by atoms with Gasteiger partial charge in [-0.1, -0.05) is 0 Å². The number of nitrogens with one attached hydrogen (secondary N) is 1. The molecule has 0 aliphatic carbocycles. The second kappa shape index (κ2) is 10.5. The number of amides is 1. The van der Waals surface area contributed by atoms with Gasteiger partial charge in [-0.3, -0.25) is 4.79 Å². The fraction of sp³-hybridized carbons (Fsp3) is 0.476. The number of alkyl halides is 3. The third-order valence-corrected chi connectivity index (χ3v) is 5.10. The summed E-state index contributed by atoms with van der Waals surface area (Å²) >= 11 is 0. The molecule has 0 unspecified atom stereocenters. The Morgan fingerprint density at radius 2 is 1.88 bits per heavy atom. The number of benzene rings is 1. The van der Waals surface area contributed by atoms with Crippen molar-refractivity contribution in [1.29, 1.82) is 0 Å². The molecule has 1 aliphatic rings. The fourth-order valence-corrected chi connectivity index (χ4v) is 3.29. The summed E-state index contributed by atoms with van der Waals surface area (Å²) in [4.78, 5) is 21.5. The Bertz CT molecular complexity index is 887. The van der Waals surface area contributed by atoms with E-state index < -0.39 is 18.0 Å². The van der Waals surface area contributed by atoms with Crippen molar-refractivity contribution in [2.75, 3.05) is 38.3 Å². The molecule has 1 saturated heterocycles. The molecule has 1 atom stereocenters. The van der Waals surface area contributed by atoms with Crippen molar-refractivity contribution in [2.24, 2.45) is 5.92 Å². The number of carbonyl (C=O) groups is 1. The zero-order chi connectivity index (χ0) is 23.1. The van der Waals surface area contributed by atoms with Gasteiger partial charge in [-0.15, -0.1) is 0 Å². The first-order chi connectivity index (χ1) is 15.3. The molecule has 1 aromatic carbocycles. The predicted molar refractivity (Wildman–Crippen MR) is 109 cm³/mol. The van der Waals surface area contributed by atoms with E-state index in [4.69, 9.17) is 9.47 Å². The maximum absolute atomic E-state index is 12.8. The lowest BCUT2D eigenvalue weighted by molar-refractivity contribution is -0.141. The molecule has 0 saturated carbocycles. The Morgan fingerprint density at radius 3 is 2.50 bits per heavy atom. The van der Waals surface area contributed by atoms with E-state index in [9.17, 15) is 23.1 Å². The molecular weight excluding hydrogens is 429 g/mol. The normalized spacial score (nSPS) is 15.8. The smallest absolute Gasteiger partial charge is 0.433 e. The second-order valence-corrected chi connectivity index (χ2v) is 7.39. The van der Waals surface area contributed by atoms with E-state index in [1.165, 1.54) is 0 Å². The fourth-order valence-electron chi connectivity index (χ4n) is 3.29. The number of aliphatic hydroxyl groups excluding tert-OH is 1. The largest absolute Gasteiger partial charge is 0.497 e. The van der Waals surface area contributed by atoms with Crippen molar-refractivity contribution < 1.29 is 32.5 Å². The van der Waals surface area contributed by atoms with Gasteiger partial charge >= 0.3 is 6.18 Å². The molecule has 1 aromatic heterocycles. The molecular formula is C21H25F3N4O4. The second-order valence-electron chi connectivity index (χ2n) is 7.39. The molecule has 2 N–H and O–H groups in total. The average Bonchev–Trinajstić information content (AvgIpc) is 2.81. The van der Waals surface area contributed by atoms with E-state index in [0.29, 0.717) is 37.4 Å². The minimum Gasteiger partial charge on any atom is -0.497 e. The Morgan fingerprint density at radius 1 is 1.22 bits per heavy atom. The van der Waals surface area contributed by atoms with Gasteiger partial charge in [-0.05, 0) is 43.2 Å². The quantitative estimate of drug-likeness (QED) is 0.632. The summed E-state index contributed by atoms with van der Waals surface area (Å²) in [5.41, 5.74) is -0.992. The summed E-state index contributed by atoms with van der Waals surface area (Å²) in [6.45, 7) is 0.773. The summed E-state index contributed by atoms with van der Waals surface area (Å²) in [7, 11) is 1.56. The van der Waals surface area contributed by atoms with Gasteiger partial charge in [0.05, 0.1) is 7.11 Å². The highest BCUT2D eigenvalue weighted by atomic mass is 19.4. The van der Waals surface area contributed by atoms with Crippen LogP contribution in [-0.4, -0.2) is 60.4 Å². The number of nitrogens with zero attached hydrogens (tertiary/aromatic N) is 3. The van der Waals surface area contributed by atoms with E-state index >= 15 is 0 Å². The van der Waals surface area contributed by atoms with E-state index in [1.807, 2.05) is 0 Å². The maximum atomic E-state index is 12.8. The van der Waals surface area contributed by atoms with Crippen LogP contribution in [0.2, 0.25) is 0 Å². The molecule has 11 heteroatoms. The number of anilines is 1. The van der Waals surface area contributed by atoms with E-state index in [1.54, 1.807) is 36.3 Å². The number of rotatable bonds is 8. The first-order valence-electron chi connectivity index (χ1n) is 10.1. The molecule has 8 nitrogen and oxygen atoms in total. The Balaban J connectivity index is 1.40. The van der Waals surface area contributed by atoms with Gasteiger partial charge in [-0.2, -0.15) is 13.2 Å². The minimum atomic E-state index is -4.53. The molecule has 2 heterocycles. The summed E-state index contributed by atoms with van der Waals surface area (Å²) in [6, 6.07) is 7.73. The Hall–Kier alpha value is -3.08. The Labute approximate surface area is 183 Å². The molecule has 174 valence electrons. The number of aromatic nitrogens is 2. The summed E-state index contributed by atoms with van der Waals surface area (Å²) in [6.07, 6.45) is -3.44. The van der Waals surface area contributed by atoms with Crippen LogP contribution < -0.4 is 19.7 Å². The van der Waals surface area contributed by atoms with Crippen LogP contribution >= 0.6 is 0 Å². The average molecular weight is 454 g/mol. The lowest BCUT2D eigenvalue weighted by atomic mass is 9.96. The molecule has 32 heavy (non-hydrogen) atoms. The monoisotopic (exact) mass is 454 g/mol. The van der Waals surface area contributed by atoms with Crippen molar-refractivity contribution in [3.63, 3.8) is 0 Å². The molecule has 1 fully saturated rings. The number of aliphatic hydroxyl groups is 1. The highest BCUT2D eigenvalue weighted by Gasteiger charge is 2.34. The van der Waals surface area contributed by atoms with Crippen LogP contribution in [0.15, 0.2) is 36.5 Å². The number of methoxy groups -OCH3 is 1. The highest BCUT2D eigenvalue weighted by molar-refractivity contribution is 5.79. The lowest BCUT2D eigenvalue weighted by Crippen LogP contribution is -2.43. The van der Waals surface area contributed by atoms with Gasteiger partial charge in [0.2, 0.25) is 11.9 Å². The van der Waals surface area contributed by atoms with Crippen LogP contribution in [0.5, 0.6) is 11.5 Å². The number of hydrogen-bond donors (Lipinski definition) is 2. The SMILES string of the molecule is COc1ccc(OC[C@H](O)CNC(=O)C2CCN(c3nccc(C(F)(F)F)n3)CC2)cc1. The molecule has 2 aromatic rings. The van der Waals surface area contributed by atoms with E-state index in [-0.39, 0.29) is 30.9 Å². The number of ether oxygens (including phenoxy) is 2. The van der Waals surface area contributed by atoms with Gasteiger partial charge in [0.25, 0.3) is 0 Å². The predicted octanol–water partition coefficient (Wildman–Crippen LogP) is 2.28. The van der Waals surface area contributed by atoms with Crippen LogP contribution in [0.4, 0.5) is 19.1 Å². The van der Waals surface area contributed by atoms with Gasteiger partial charge in [0.1, 0.15) is 29.9 Å². The maximum Gasteiger partial charge on any atom is 0.433 e. The van der Waals surface area contributed by atoms with Crippen LogP contribution in [-0.2, 0) is 11.0 Å². The van der Waals surface area contributed by atoms with Crippen LogP contribution in [0.25, 0.3) is 0 Å². The Kier molecular flexibility index (Phi) is 7.73. The molecule has 1 amide bonds. The first kappa shape index (κ1) is 23.6. The van der Waals surface area contributed by atoms with Crippen molar-refractivity contribution >= 4 is 11.9 Å². The first-order valence-corrected chi connectivity index (χ1v) is 10.1. The zero-order valence-corrected chi connectivity index (χ0v) is 17.5. The van der Waals surface area contributed by atoms with Gasteiger partial charge in [0, 0.05) is 31.7 Å². The van der Waals surface area contributed by atoms with Gasteiger partial charge < -0.3 is 24.8 Å². The van der Waals surface area contributed by atoms with Crippen molar-refractivity contribution in [1.82, 2.24) is 15.3 Å². The molecule has 1 aliphatic heterocycles. The topological polar surface area (TPSA) is 96.8 Å². The van der Waals surface area contributed by atoms with E-state index in [2.05, 4.69) is 15.3 Å². The van der Waals surface area contributed by atoms with Gasteiger partial charge in [-0.25, -0.2) is 9.97 Å². The van der Waals surface area contributed by atoms with Crippen LogP contribution in [0.1, 0.15) is 18.5 Å². The third kappa shape index (κ3) is 6.46. The molecule has 0 spiro atoms. The standard InChI is InChI=1S/C21H25F3N4O4/c1-31-16-2-4-17(5-3-16)32-13-15(29)12-26-19(30)14-7-10-28(11-8-14)20-25-9-6-18(27-20)21(22,23)24/h2-6,9,14-15,29H,7-8,10-13H2,1H3,(H,26,30)/t15-/m1/s1. The van der Waals surface area contributed by atoms with Crippen molar-refractivity contribution in [3.05, 3.63) is 42.2 Å². The van der Waals surface area contributed by atoms with Gasteiger partial charge in [0.15, 0.2) is 0 Å². The zero-order valence-electron chi connectivity index (χ0n) is 17.5. The van der Waals surface area contributed by atoms with Crippen molar-refractivity contribution in [3.8, 4) is 11.5 Å². The summed E-state index contributed by atoms with van der Waals surface area (Å²) in [5.74, 6) is 0.755. The number of hydrogen-bond acceptors (Lipinski definition) is 7. The summed E-state index contributed by atoms with van der Waals surface area (Å²) in [5, 5.41) is 12.8. The molecule has 0 bridgehead atoms.